The standard InChI is InChI=1S/C13H13NO3S/c1-3-10-7-18-13(14-10)17-11-5-4-9(12(15)16)6-8(11)2/h4-7H,3H2,1-2H3,(H,15,16). The predicted octanol–water partition coefficient (Wildman–Crippen LogP) is 3.50. The first kappa shape index (κ1) is 12.6. The summed E-state index contributed by atoms with van der Waals surface area (Å²) in [5.74, 6) is -0.302. The van der Waals surface area contributed by atoms with Crippen molar-refractivity contribution in [3.63, 3.8) is 0 Å². The Morgan fingerprint density at radius 2 is 2.28 bits per heavy atom. The Labute approximate surface area is 109 Å². The second-order valence-electron chi connectivity index (χ2n) is 3.85. The van der Waals surface area contributed by atoms with E-state index in [2.05, 4.69) is 4.98 Å². The third-order valence-electron chi connectivity index (χ3n) is 2.51. The van der Waals surface area contributed by atoms with E-state index >= 15 is 0 Å². The van der Waals surface area contributed by atoms with Crippen molar-refractivity contribution in [2.75, 3.05) is 0 Å². The second kappa shape index (κ2) is 5.18. The van der Waals surface area contributed by atoms with Crippen molar-refractivity contribution in [3.05, 3.63) is 40.4 Å². The molecule has 0 saturated carbocycles. The van der Waals surface area contributed by atoms with Crippen LogP contribution < -0.4 is 4.74 Å². The van der Waals surface area contributed by atoms with Gasteiger partial charge in [0.25, 0.3) is 5.19 Å². The molecule has 0 amide bonds. The molecule has 0 aliphatic heterocycles. The number of benzene rings is 1. The van der Waals surface area contributed by atoms with Crippen LogP contribution in [-0.4, -0.2) is 16.1 Å². The van der Waals surface area contributed by atoms with Crippen molar-refractivity contribution >= 4 is 17.3 Å². The van der Waals surface area contributed by atoms with Crippen LogP contribution in [-0.2, 0) is 6.42 Å². The molecule has 1 N–H and O–H groups in total. The van der Waals surface area contributed by atoms with E-state index in [0.29, 0.717) is 10.9 Å². The van der Waals surface area contributed by atoms with Crippen molar-refractivity contribution in [3.8, 4) is 10.9 Å². The van der Waals surface area contributed by atoms with Crippen LogP contribution in [0.5, 0.6) is 10.9 Å². The minimum absolute atomic E-state index is 0.258. The van der Waals surface area contributed by atoms with Crippen molar-refractivity contribution in [1.82, 2.24) is 4.98 Å². The third-order valence-corrected chi connectivity index (χ3v) is 3.28. The van der Waals surface area contributed by atoms with Crippen LogP contribution in [0, 0.1) is 6.92 Å². The zero-order chi connectivity index (χ0) is 13.1. The zero-order valence-electron chi connectivity index (χ0n) is 10.1. The number of carboxylic acids is 1. The van der Waals surface area contributed by atoms with Crippen LogP contribution in [0.25, 0.3) is 0 Å². The van der Waals surface area contributed by atoms with Gasteiger partial charge in [-0.2, -0.15) is 0 Å². The fourth-order valence-corrected chi connectivity index (χ4v) is 2.25. The molecule has 1 aromatic carbocycles. The molecular weight excluding hydrogens is 250 g/mol. The summed E-state index contributed by atoms with van der Waals surface area (Å²) in [6, 6.07) is 4.77. The van der Waals surface area contributed by atoms with Gasteiger partial charge >= 0.3 is 5.97 Å². The quantitative estimate of drug-likeness (QED) is 0.917. The lowest BCUT2D eigenvalue weighted by Gasteiger charge is -2.06. The molecule has 0 radical (unpaired) electrons. The van der Waals surface area contributed by atoms with Gasteiger partial charge in [-0.3, -0.25) is 0 Å². The van der Waals surface area contributed by atoms with E-state index in [4.69, 9.17) is 9.84 Å². The molecule has 94 valence electrons. The normalized spacial score (nSPS) is 10.3. The van der Waals surface area contributed by atoms with Gasteiger partial charge in [0.05, 0.1) is 11.3 Å². The van der Waals surface area contributed by atoms with Gasteiger partial charge in [-0.1, -0.05) is 18.3 Å². The SMILES string of the molecule is CCc1csc(Oc2ccc(C(=O)O)cc2C)n1. The van der Waals surface area contributed by atoms with E-state index in [9.17, 15) is 4.79 Å². The summed E-state index contributed by atoms with van der Waals surface area (Å²) < 4.78 is 5.64. The fourth-order valence-electron chi connectivity index (χ4n) is 1.49. The van der Waals surface area contributed by atoms with Gasteiger partial charge in [-0.25, -0.2) is 9.78 Å². The monoisotopic (exact) mass is 263 g/mol. The van der Waals surface area contributed by atoms with Crippen LogP contribution in [0.1, 0.15) is 28.5 Å². The summed E-state index contributed by atoms with van der Waals surface area (Å²) in [7, 11) is 0. The van der Waals surface area contributed by atoms with E-state index in [1.54, 1.807) is 12.1 Å². The molecule has 4 nitrogen and oxygen atoms in total. The lowest BCUT2D eigenvalue weighted by Crippen LogP contribution is -1.97. The van der Waals surface area contributed by atoms with E-state index in [-0.39, 0.29) is 5.56 Å². The number of carboxylic acid groups (broad SMARTS) is 1. The molecule has 0 fully saturated rings. The van der Waals surface area contributed by atoms with Crippen LogP contribution in [0.3, 0.4) is 0 Å². The van der Waals surface area contributed by atoms with Gasteiger partial charge in [0, 0.05) is 5.38 Å². The average molecular weight is 263 g/mol. The number of hydrogen-bond donors (Lipinski definition) is 1. The third kappa shape index (κ3) is 2.68. The number of thiazole rings is 1. The molecule has 0 atom stereocenters. The van der Waals surface area contributed by atoms with Crippen LogP contribution in [0.2, 0.25) is 0 Å². The first-order valence-corrected chi connectivity index (χ1v) is 6.44. The maximum absolute atomic E-state index is 10.8. The summed E-state index contributed by atoms with van der Waals surface area (Å²) in [4.78, 5) is 15.1. The molecule has 0 aliphatic rings. The minimum Gasteiger partial charge on any atom is -0.478 e. The first-order chi connectivity index (χ1) is 8.60. The van der Waals surface area contributed by atoms with Crippen molar-refractivity contribution in [2.45, 2.75) is 20.3 Å². The van der Waals surface area contributed by atoms with Gasteiger partial charge in [0.1, 0.15) is 5.75 Å². The number of carbonyl (C=O) groups is 1. The van der Waals surface area contributed by atoms with Gasteiger partial charge in [-0.05, 0) is 37.1 Å². The molecule has 5 heteroatoms. The first-order valence-electron chi connectivity index (χ1n) is 5.56. The molecule has 1 aromatic heterocycles. The highest BCUT2D eigenvalue weighted by Gasteiger charge is 2.09. The number of hydrogen-bond acceptors (Lipinski definition) is 4. The number of nitrogens with zero attached hydrogens (tertiary/aromatic N) is 1. The van der Waals surface area contributed by atoms with E-state index in [1.165, 1.54) is 17.4 Å². The number of aromatic carboxylic acids is 1. The molecule has 0 aliphatic carbocycles. The predicted molar refractivity (Wildman–Crippen MR) is 69.7 cm³/mol. The van der Waals surface area contributed by atoms with E-state index in [1.807, 2.05) is 19.2 Å². The number of aryl methyl sites for hydroxylation is 2. The average Bonchev–Trinajstić information content (AvgIpc) is 2.79. The van der Waals surface area contributed by atoms with Crippen LogP contribution >= 0.6 is 11.3 Å². The highest BCUT2D eigenvalue weighted by molar-refractivity contribution is 7.11. The van der Waals surface area contributed by atoms with Crippen molar-refractivity contribution < 1.29 is 14.6 Å². The molecule has 2 rings (SSSR count). The zero-order valence-corrected chi connectivity index (χ0v) is 11.0. The lowest BCUT2D eigenvalue weighted by molar-refractivity contribution is 0.0697. The fraction of sp³-hybridized carbons (Fsp3) is 0.231. The number of ether oxygens (including phenoxy) is 1. The van der Waals surface area contributed by atoms with Gasteiger partial charge < -0.3 is 9.84 Å². The Balaban J connectivity index is 2.21. The highest BCUT2D eigenvalue weighted by Crippen LogP contribution is 2.28. The summed E-state index contributed by atoms with van der Waals surface area (Å²) in [5, 5.41) is 11.4. The highest BCUT2D eigenvalue weighted by atomic mass is 32.1. The maximum Gasteiger partial charge on any atom is 0.335 e. The molecule has 2 aromatic rings. The molecule has 0 spiro atoms. The summed E-state index contributed by atoms with van der Waals surface area (Å²) in [6.45, 7) is 3.85. The maximum atomic E-state index is 10.8. The molecule has 1 heterocycles. The molecule has 18 heavy (non-hydrogen) atoms. The van der Waals surface area contributed by atoms with Gasteiger partial charge in [0.2, 0.25) is 0 Å². The van der Waals surface area contributed by atoms with Gasteiger partial charge in [0.15, 0.2) is 0 Å². The van der Waals surface area contributed by atoms with Crippen molar-refractivity contribution in [2.24, 2.45) is 0 Å². The largest absolute Gasteiger partial charge is 0.478 e. The minimum atomic E-state index is -0.938. The Kier molecular flexibility index (Phi) is 3.62. The summed E-state index contributed by atoms with van der Waals surface area (Å²) in [6.07, 6.45) is 0.872. The molecular formula is C13H13NO3S. The Morgan fingerprint density at radius 1 is 1.50 bits per heavy atom. The second-order valence-corrected chi connectivity index (χ2v) is 4.67. The number of rotatable bonds is 4. The summed E-state index contributed by atoms with van der Waals surface area (Å²) in [5.41, 5.74) is 2.03. The Morgan fingerprint density at radius 3 is 2.83 bits per heavy atom. The molecule has 0 bridgehead atoms. The lowest BCUT2D eigenvalue weighted by atomic mass is 10.1. The number of aromatic nitrogens is 1. The van der Waals surface area contributed by atoms with E-state index < -0.39 is 5.97 Å². The van der Waals surface area contributed by atoms with Gasteiger partial charge in [-0.15, -0.1) is 0 Å². The molecule has 0 saturated heterocycles. The molecule has 0 unspecified atom stereocenters. The Bertz CT molecular complexity index is 577. The van der Waals surface area contributed by atoms with Crippen LogP contribution in [0.4, 0.5) is 0 Å². The van der Waals surface area contributed by atoms with Crippen molar-refractivity contribution in [1.29, 1.82) is 0 Å². The summed E-state index contributed by atoms with van der Waals surface area (Å²) >= 11 is 1.44. The smallest absolute Gasteiger partial charge is 0.335 e. The topological polar surface area (TPSA) is 59.4 Å². The van der Waals surface area contributed by atoms with E-state index in [0.717, 1.165) is 17.7 Å². The Hall–Kier alpha value is -1.88. The van der Waals surface area contributed by atoms with Crippen LogP contribution in [0.15, 0.2) is 23.6 Å².